The number of aromatic nitrogens is 2. The minimum Gasteiger partial charge on any atom is -0.399 e. The van der Waals surface area contributed by atoms with Crippen molar-refractivity contribution < 1.29 is 0 Å². The van der Waals surface area contributed by atoms with Crippen LogP contribution in [0.5, 0.6) is 0 Å². The highest BCUT2D eigenvalue weighted by Crippen LogP contribution is 2.39. The van der Waals surface area contributed by atoms with Gasteiger partial charge in [-0.1, -0.05) is 12.1 Å². The highest BCUT2D eigenvalue weighted by molar-refractivity contribution is 7.09. The molecule has 0 amide bonds. The second-order valence-corrected chi connectivity index (χ2v) is 5.54. The first-order chi connectivity index (χ1) is 8.72. The zero-order valence-corrected chi connectivity index (χ0v) is 11.2. The minimum absolute atomic E-state index is 0.621. The van der Waals surface area contributed by atoms with Gasteiger partial charge in [-0.05, 0) is 30.5 Å². The molecule has 0 aliphatic heterocycles. The molecule has 2 aromatic rings. The van der Waals surface area contributed by atoms with E-state index in [0.717, 1.165) is 23.2 Å². The van der Waals surface area contributed by atoms with E-state index in [9.17, 15) is 0 Å². The van der Waals surface area contributed by atoms with E-state index in [1.807, 2.05) is 25.2 Å². The van der Waals surface area contributed by atoms with Crippen LogP contribution in [-0.4, -0.2) is 16.4 Å². The summed E-state index contributed by atoms with van der Waals surface area (Å²) in [4.78, 5) is 6.72. The molecule has 1 heterocycles. The number of nitrogens with two attached hydrogens (primary N) is 1. The predicted octanol–water partition coefficient (Wildman–Crippen LogP) is 2.63. The molecular formula is C13H16N4S. The van der Waals surface area contributed by atoms with Crippen molar-refractivity contribution >= 4 is 22.4 Å². The highest BCUT2D eigenvalue weighted by Gasteiger charge is 2.28. The van der Waals surface area contributed by atoms with Gasteiger partial charge in [0.25, 0.3) is 0 Å². The highest BCUT2D eigenvalue weighted by atomic mass is 32.1. The molecule has 94 valence electrons. The van der Waals surface area contributed by atoms with Crippen LogP contribution in [0.2, 0.25) is 0 Å². The third-order valence-corrected chi connectivity index (χ3v) is 3.92. The summed E-state index contributed by atoms with van der Waals surface area (Å²) in [6.07, 6.45) is 2.49. The number of benzene rings is 1. The topological polar surface area (TPSA) is 55.0 Å². The second-order valence-electron chi connectivity index (χ2n) is 4.81. The maximum absolute atomic E-state index is 5.78. The quantitative estimate of drug-likeness (QED) is 0.859. The van der Waals surface area contributed by atoms with Crippen molar-refractivity contribution in [3.63, 3.8) is 0 Å². The summed E-state index contributed by atoms with van der Waals surface area (Å²) in [7, 11) is 2.04. The summed E-state index contributed by atoms with van der Waals surface area (Å²) in [5, 5.41) is 0.985. The van der Waals surface area contributed by atoms with Gasteiger partial charge in [-0.2, -0.15) is 4.37 Å². The van der Waals surface area contributed by atoms with E-state index < -0.39 is 0 Å². The summed E-state index contributed by atoms with van der Waals surface area (Å²) in [5.74, 6) is 1.64. The van der Waals surface area contributed by atoms with E-state index >= 15 is 0 Å². The molecule has 1 aromatic carbocycles. The number of nitrogen functional groups attached to an aromatic ring is 1. The molecule has 0 saturated heterocycles. The van der Waals surface area contributed by atoms with Crippen molar-refractivity contribution in [3.05, 3.63) is 35.7 Å². The van der Waals surface area contributed by atoms with Gasteiger partial charge >= 0.3 is 0 Å². The SMILES string of the molecule is CN(Cc1cccc(N)c1)c1nc(C2CC2)ns1. The zero-order chi connectivity index (χ0) is 12.5. The molecule has 1 aliphatic carbocycles. The average Bonchev–Trinajstić information content (AvgIpc) is 3.07. The van der Waals surface area contributed by atoms with Crippen LogP contribution in [0, 0.1) is 0 Å². The van der Waals surface area contributed by atoms with Gasteiger partial charge in [-0.3, -0.25) is 0 Å². The van der Waals surface area contributed by atoms with Crippen LogP contribution in [0.4, 0.5) is 10.8 Å². The normalized spacial score (nSPS) is 14.7. The van der Waals surface area contributed by atoms with Crippen molar-refractivity contribution in [1.29, 1.82) is 0 Å². The van der Waals surface area contributed by atoms with Gasteiger partial charge in [0.2, 0.25) is 5.13 Å². The Balaban J connectivity index is 1.71. The smallest absolute Gasteiger partial charge is 0.205 e. The van der Waals surface area contributed by atoms with Crippen LogP contribution in [0.25, 0.3) is 0 Å². The summed E-state index contributed by atoms with van der Waals surface area (Å²) in [6.45, 7) is 0.810. The number of rotatable bonds is 4. The molecule has 5 heteroatoms. The van der Waals surface area contributed by atoms with Crippen molar-refractivity contribution in [2.45, 2.75) is 25.3 Å². The third kappa shape index (κ3) is 2.46. The fourth-order valence-electron chi connectivity index (χ4n) is 1.92. The first-order valence-corrected chi connectivity index (χ1v) is 6.89. The lowest BCUT2D eigenvalue weighted by Crippen LogP contribution is -2.16. The molecule has 4 nitrogen and oxygen atoms in total. The van der Waals surface area contributed by atoms with E-state index in [1.165, 1.54) is 29.9 Å². The Bertz CT molecular complexity index is 547. The Labute approximate surface area is 111 Å². The van der Waals surface area contributed by atoms with E-state index in [2.05, 4.69) is 20.3 Å². The molecule has 0 spiro atoms. The lowest BCUT2D eigenvalue weighted by molar-refractivity contribution is 0.896. The van der Waals surface area contributed by atoms with Gasteiger partial charge in [0, 0.05) is 36.7 Å². The van der Waals surface area contributed by atoms with Crippen LogP contribution >= 0.6 is 11.5 Å². The maximum atomic E-state index is 5.78. The van der Waals surface area contributed by atoms with E-state index in [1.54, 1.807) is 0 Å². The van der Waals surface area contributed by atoms with Crippen molar-refractivity contribution in [2.24, 2.45) is 0 Å². The second kappa shape index (κ2) is 4.57. The lowest BCUT2D eigenvalue weighted by Gasteiger charge is -2.15. The summed E-state index contributed by atoms with van der Waals surface area (Å²) >= 11 is 1.48. The summed E-state index contributed by atoms with van der Waals surface area (Å²) in [6, 6.07) is 7.96. The number of nitrogens with zero attached hydrogens (tertiary/aromatic N) is 3. The Hall–Kier alpha value is -1.62. The van der Waals surface area contributed by atoms with Crippen LogP contribution in [0.15, 0.2) is 24.3 Å². The Kier molecular flexibility index (Phi) is 2.91. The molecule has 1 aliphatic rings. The van der Waals surface area contributed by atoms with Crippen molar-refractivity contribution in [1.82, 2.24) is 9.36 Å². The molecule has 18 heavy (non-hydrogen) atoms. The fraction of sp³-hybridized carbons (Fsp3) is 0.385. The van der Waals surface area contributed by atoms with Gasteiger partial charge in [0.05, 0.1) is 0 Å². The molecule has 0 radical (unpaired) electrons. The first kappa shape index (κ1) is 11.5. The molecule has 1 aromatic heterocycles. The monoisotopic (exact) mass is 260 g/mol. The minimum atomic E-state index is 0.621. The average molecular weight is 260 g/mol. The Morgan fingerprint density at radius 1 is 1.44 bits per heavy atom. The van der Waals surface area contributed by atoms with E-state index in [-0.39, 0.29) is 0 Å². The summed E-state index contributed by atoms with van der Waals surface area (Å²) < 4.78 is 4.42. The summed E-state index contributed by atoms with van der Waals surface area (Å²) in [5.41, 5.74) is 7.78. The molecule has 0 atom stereocenters. The molecular weight excluding hydrogens is 244 g/mol. The van der Waals surface area contributed by atoms with Crippen LogP contribution in [0.3, 0.4) is 0 Å². The Morgan fingerprint density at radius 3 is 3.00 bits per heavy atom. The molecule has 1 fully saturated rings. The lowest BCUT2D eigenvalue weighted by atomic mass is 10.2. The van der Waals surface area contributed by atoms with E-state index in [0.29, 0.717) is 5.92 Å². The third-order valence-electron chi connectivity index (χ3n) is 3.07. The molecule has 1 saturated carbocycles. The van der Waals surface area contributed by atoms with Crippen molar-refractivity contribution in [2.75, 3.05) is 17.7 Å². The van der Waals surface area contributed by atoms with Gasteiger partial charge < -0.3 is 10.6 Å². The number of hydrogen-bond acceptors (Lipinski definition) is 5. The van der Waals surface area contributed by atoms with Crippen molar-refractivity contribution in [3.8, 4) is 0 Å². The predicted molar refractivity (Wildman–Crippen MR) is 74.8 cm³/mol. The van der Waals surface area contributed by atoms with Crippen LogP contribution < -0.4 is 10.6 Å². The Morgan fingerprint density at radius 2 is 2.28 bits per heavy atom. The molecule has 2 N–H and O–H groups in total. The zero-order valence-electron chi connectivity index (χ0n) is 10.3. The molecule has 0 unspecified atom stereocenters. The van der Waals surface area contributed by atoms with Crippen LogP contribution in [-0.2, 0) is 6.54 Å². The first-order valence-electron chi connectivity index (χ1n) is 6.11. The van der Waals surface area contributed by atoms with Crippen LogP contribution in [0.1, 0.15) is 30.1 Å². The molecule has 3 rings (SSSR count). The fourth-order valence-corrected chi connectivity index (χ4v) is 2.63. The standard InChI is InChI=1S/C13H16N4S/c1-17(8-9-3-2-4-11(14)7-9)13-15-12(16-18-13)10-5-6-10/h2-4,7,10H,5-6,8,14H2,1H3. The van der Waals surface area contributed by atoms with Gasteiger partial charge in [0.15, 0.2) is 0 Å². The molecule has 0 bridgehead atoms. The van der Waals surface area contributed by atoms with Gasteiger partial charge in [0.1, 0.15) is 5.82 Å². The van der Waals surface area contributed by atoms with E-state index in [4.69, 9.17) is 5.73 Å². The van der Waals surface area contributed by atoms with Gasteiger partial charge in [-0.15, -0.1) is 0 Å². The largest absolute Gasteiger partial charge is 0.399 e. The number of anilines is 2. The van der Waals surface area contributed by atoms with Gasteiger partial charge in [-0.25, -0.2) is 4.98 Å². The maximum Gasteiger partial charge on any atom is 0.205 e. The number of hydrogen-bond donors (Lipinski definition) is 1.